The number of nitrogens with zero attached hydrogens (tertiary/aromatic N) is 2. The van der Waals surface area contributed by atoms with Crippen molar-refractivity contribution in [2.75, 3.05) is 11.9 Å². The highest BCUT2D eigenvalue weighted by Crippen LogP contribution is 2.19. The lowest BCUT2D eigenvalue weighted by Crippen LogP contribution is -2.26. The van der Waals surface area contributed by atoms with E-state index in [0.717, 1.165) is 11.4 Å². The fraction of sp³-hybridized carbons (Fsp3) is 0.308. The Morgan fingerprint density at radius 2 is 2.25 bits per heavy atom. The second-order valence-electron chi connectivity index (χ2n) is 4.45. The third-order valence-electron chi connectivity index (χ3n) is 2.79. The molecule has 1 atom stereocenters. The number of nitrogens with two attached hydrogens (primary N) is 1. The summed E-state index contributed by atoms with van der Waals surface area (Å²) in [6, 6.07) is 7.41. The molecule has 0 saturated heterocycles. The summed E-state index contributed by atoms with van der Waals surface area (Å²) in [4.78, 5) is 16.0. The molecule has 0 saturated carbocycles. The number of halogens is 1. The summed E-state index contributed by atoms with van der Waals surface area (Å²) < 4.78 is 0. The first-order chi connectivity index (χ1) is 9.10. The number of hydrogen-bond donors (Lipinski definition) is 3. The SMILES string of the molecule is Cc1nc(-c2cccc(NC(=O)C(C)CN)c2)n[nH]1.Cl. The van der Waals surface area contributed by atoms with Crippen molar-refractivity contribution in [1.82, 2.24) is 15.2 Å². The van der Waals surface area contributed by atoms with Crippen molar-refractivity contribution in [3.05, 3.63) is 30.1 Å². The molecule has 4 N–H and O–H groups in total. The van der Waals surface area contributed by atoms with E-state index < -0.39 is 0 Å². The molecule has 2 rings (SSSR count). The van der Waals surface area contributed by atoms with Crippen LogP contribution in [-0.4, -0.2) is 27.6 Å². The molecule has 108 valence electrons. The zero-order valence-corrected chi connectivity index (χ0v) is 12.2. The summed E-state index contributed by atoms with van der Waals surface area (Å²) in [6.07, 6.45) is 0. The summed E-state index contributed by atoms with van der Waals surface area (Å²) >= 11 is 0. The highest BCUT2D eigenvalue weighted by atomic mass is 35.5. The number of carbonyl (C=O) groups excluding carboxylic acids is 1. The van der Waals surface area contributed by atoms with Crippen LogP contribution < -0.4 is 11.1 Å². The average molecular weight is 296 g/mol. The van der Waals surface area contributed by atoms with E-state index in [-0.39, 0.29) is 24.2 Å². The second kappa shape index (κ2) is 7.02. The molecule has 1 aromatic carbocycles. The van der Waals surface area contributed by atoms with Crippen LogP contribution in [0.4, 0.5) is 5.69 Å². The van der Waals surface area contributed by atoms with Crippen molar-refractivity contribution >= 4 is 24.0 Å². The van der Waals surface area contributed by atoms with Crippen molar-refractivity contribution in [1.29, 1.82) is 0 Å². The van der Waals surface area contributed by atoms with Gasteiger partial charge >= 0.3 is 0 Å². The Kier molecular flexibility index (Phi) is 5.66. The van der Waals surface area contributed by atoms with Crippen molar-refractivity contribution in [2.45, 2.75) is 13.8 Å². The van der Waals surface area contributed by atoms with E-state index in [0.29, 0.717) is 18.1 Å². The van der Waals surface area contributed by atoms with Gasteiger partial charge in [-0.25, -0.2) is 4.98 Å². The Bertz CT molecular complexity index is 584. The third kappa shape index (κ3) is 3.79. The zero-order valence-electron chi connectivity index (χ0n) is 11.4. The van der Waals surface area contributed by atoms with Gasteiger partial charge in [-0.05, 0) is 19.1 Å². The summed E-state index contributed by atoms with van der Waals surface area (Å²) in [5.74, 6) is 1.06. The molecule has 0 radical (unpaired) electrons. The van der Waals surface area contributed by atoms with Crippen molar-refractivity contribution < 1.29 is 4.79 Å². The van der Waals surface area contributed by atoms with Gasteiger partial charge in [0.1, 0.15) is 5.82 Å². The number of carbonyl (C=O) groups is 1. The number of anilines is 1. The van der Waals surface area contributed by atoms with Crippen LogP contribution in [0.25, 0.3) is 11.4 Å². The second-order valence-corrected chi connectivity index (χ2v) is 4.45. The van der Waals surface area contributed by atoms with Gasteiger partial charge in [-0.2, -0.15) is 5.10 Å². The van der Waals surface area contributed by atoms with E-state index in [1.165, 1.54) is 0 Å². The molecular formula is C13H18ClN5O. The maximum atomic E-state index is 11.8. The van der Waals surface area contributed by atoms with Gasteiger partial charge < -0.3 is 11.1 Å². The van der Waals surface area contributed by atoms with Gasteiger partial charge in [-0.3, -0.25) is 9.89 Å². The molecule has 1 amide bonds. The standard InChI is InChI=1S/C13H17N5O.ClH/c1-8(7-14)13(19)16-11-5-3-4-10(6-11)12-15-9(2)17-18-12;/h3-6,8H,7,14H2,1-2H3,(H,16,19)(H,15,17,18);1H. The maximum Gasteiger partial charge on any atom is 0.228 e. The van der Waals surface area contributed by atoms with Crippen LogP contribution >= 0.6 is 12.4 Å². The van der Waals surface area contributed by atoms with Crippen LogP contribution in [-0.2, 0) is 4.79 Å². The number of rotatable bonds is 4. The lowest BCUT2D eigenvalue weighted by molar-refractivity contribution is -0.119. The van der Waals surface area contributed by atoms with E-state index in [4.69, 9.17) is 5.73 Å². The third-order valence-corrected chi connectivity index (χ3v) is 2.79. The number of amides is 1. The molecule has 20 heavy (non-hydrogen) atoms. The molecule has 0 fully saturated rings. The molecule has 7 heteroatoms. The van der Waals surface area contributed by atoms with Gasteiger partial charge in [0.15, 0.2) is 5.82 Å². The fourth-order valence-electron chi connectivity index (χ4n) is 1.58. The first-order valence-corrected chi connectivity index (χ1v) is 6.10. The van der Waals surface area contributed by atoms with Gasteiger partial charge in [-0.1, -0.05) is 19.1 Å². The van der Waals surface area contributed by atoms with E-state index in [9.17, 15) is 4.79 Å². The lowest BCUT2D eigenvalue weighted by Gasteiger charge is -2.10. The number of H-pyrrole nitrogens is 1. The smallest absolute Gasteiger partial charge is 0.228 e. The predicted octanol–water partition coefficient (Wildman–Crippen LogP) is 1.74. The first-order valence-electron chi connectivity index (χ1n) is 6.10. The minimum Gasteiger partial charge on any atom is -0.330 e. The topological polar surface area (TPSA) is 96.7 Å². The van der Waals surface area contributed by atoms with Crippen LogP contribution in [0.15, 0.2) is 24.3 Å². The molecule has 0 bridgehead atoms. The van der Waals surface area contributed by atoms with Gasteiger partial charge in [0, 0.05) is 23.7 Å². The van der Waals surface area contributed by atoms with Crippen LogP contribution in [0.1, 0.15) is 12.7 Å². The van der Waals surface area contributed by atoms with Gasteiger partial charge in [0.2, 0.25) is 5.91 Å². The van der Waals surface area contributed by atoms with E-state index in [2.05, 4.69) is 20.5 Å². The number of aromatic nitrogens is 3. The molecule has 1 heterocycles. The minimum atomic E-state index is -0.214. The molecule has 1 aromatic heterocycles. The molecule has 0 aliphatic heterocycles. The predicted molar refractivity (Wildman–Crippen MR) is 80.7 cm³/mol. The monoisotopic (exact) mass is 295 g/mol. The average Bonchev–Trinajstić information content (AvgIpc) is 2.84. The molecule has 1 unspecified atom stereocenters. The van der Waals surface area contributed by atoms with Crippen molar-refractivity contribution in [3.63, 3.8) is 0 Å². The van der Waals surface area contributed by atoms with Crippen molar-refractivity contribution in [3.8, 4) is 11.4 Å². The van der Waals surface area contributed by atoms with Crippen LogP contribution in [0.2, 0.25) is 0 Å². The highest BCUT2D eigenvalue weighted by molar-refractivity contribution is 5.93. The molecular weight excluding hydrogens is 278 g/mol. The molecule has 0 aliphatic rings. The molecule has 0 spiro atoms. The largest absolute Gasteiger partial charge is 0.330 e. The first kappa shape index (κ1) is 16.1. The highest BCUT2D eigenvalue weighted by Gasteiger charge is 2.11. The number of aryl methyl sites for hydroxylation is 1. The molecule has 2 aromatic rings. The van der Waals surface area contributed by atoms with Gasteiger partial charge in [0.25, 0.3) is 0 Å². The summed E-state index contributed by atoms with van der Waals surface area (Å²) in [7, 11) is 0. The van der Waals surface area contributed by atoms with E-state index >= 15 is 0 Å². The molecule has 6 nitrogen and oxygen atoms in total. The van der Waals surface area contributed by atoms with Gasteiger partial charge in [0.05, 0.1) is 0 Å². The Labute approximate surface area is 123 Å². The van der Waals surface area contributed by atoms with Crippen LogP contribution in [0.5, 0.6) is 0 Å². The van der Waals surface area contributed by atoms with Crippen molar-refractivity contribution in [2.24, 2.45) is 11.7 Å². The van der Waals surface area contributed by atoms with Gasteiger partial charge in [-0.15, -0.1) is 12.4 Å². The number of benzene rings is 1. The Morgan fingerprint density at radius 3 is 2.85 bits per heavy atom. The van der Waals surface area contributed by atoms with E-state index in [1.54, 1.807) is 6.92 Å². The van der Waals surface area contributed by atoms with Crippen LogP contribution in [0, 0.1) is 12.8 Å². The lowest BCUT2D eigenvalue weighted by atomic mass is 10.1. The summed E-state index contributed by atoms with van der Waals surface area (Å²) in [6.45, 7) is 3.95. The number of hydrogen-bond acceptors (Lipinski definition) is 4. The van der Waals surface area contributed by atoms with Crippen LogP contribution in [0.3, 0.4) is 0 Å². The minimum absolute atomic E-state index is 0. The maximum absolute atomic E-state index is 11.8. The Morgan fingerprint density at radius 1 is 1.50 bits per heavy atom. The quantitative estimate of drug-likeness (QED) is 0.800. The fourth-order valence-corrected chi connectivity index (χ4v) is 1.58. The number of aromatic amines is 1. The Balaban J connectivity index is 0.00000200. The zero-order chi connectivity index (χ0) is 13.8. The van der Waals surface area contributed by atoms with E-state index in [1.807, 2.05) is 31.2 Å². The molecule has 0 aliphatic carbocycles. The summed E-state index contributed by atoms with van der Waals surface area (Å²) in [5, 5.41) is 9.70. The Hall–Kier alpha value is -1.92. The summed E-state index contributed by atoms with van der Waals surface area (Å²) in [5.41, 5.74) is 7.03. The normalized spacial score (nSPS) is 11.6. The number of nitrogens with one attached hydrogen (secondary N) is 2.